The molecule has 1 amide bonds. The van der Waals surface area contributed by atoms with Crippen LogP contribution < -0.4 is 5.32 Å². The molecular weight excluding hydrogens is 226 g/mol. The minimum Gasteiger partial charge on any atom is -0.508 e. The molecule has 0 aliphatic heterocycles. The van der Waals surface area contributed by atoms with Gasteiger partial charge in [0.05, 0.1) is 0 Å². The van der Waals surface area contributed by atoms with Crippen molar-refractivity contribution in [2.75, 3.05) is 5.32 Å². The number of carbonyl (C=O) groups excluding carboxylic acids is 1. The average molecular weight is 241 g/mol. The minimum absolute atomic E-state index is 0.151. The zero-order valence-electron chi connectivity index (χ0n) is 10.4. The van der Waals surface area contributed by atoms with Gasteiger partial charge in [0.15, 0.2) is 0 Å². The molecule has 0 spiro atoms. The monoisotopic (exact) mass is 241 g/mol. The number of hydrogen-bond acceptors (Lipinski definition) is 2. The first-order chi connectivity index (χ1) is 8.58. The Balaban J connectivity index is 2.21. The van der Waals surface area contributed by atoms with E-state index in [1.807, 2.05) is 32.0 Å². The zero-order chi connectivity index (χ0) is 13.1. The molecule has 0 saturated carbocycles. The van der Waals surface area contributed by atoms with E-state index in [4.69, 9.17) is 0 Å². The summed E-state index contributed by atoms with van der Waals surface area (Å²) in [5.41, 5.74) is 3.53. The Morgan fingerprint density at radius 3 is 2.39 bits per heavy atom. The summed E-state index contributed by atoms with van der Waals surface area (Å²) in [7, 11) is 0. The Bertz CT molecular complexity index is 574. The maximum atomic E-state index is 12.0. The van der Waals surface area contributed by atoms with Crippen LogP contribution in [0.5, 0.6) is 5.75 Å². The highest BCUT2D eigenvalue weighted by Gasteiger charge is 2.08. The number of hydrogen-bond donors (Lipinski definition) is 2. The summed E-state index contributed by atoms with van der Waals surface area (Å²) in [4.78, 5) is 12.0. The number of benzene rings is 2. The molecule has 0 aliphatic carbocycles. The molecule has 2 aromatic rings. The molecule has 92 valence electrons. The van der Waals surface area contributed by atoms with E-state index in [1.165, 1.54) is 12.1 Å². The molecule has 0 unspecified atom stereocenters. The summed E-state index contributed by atoms with van der Waals surface area (Å²) >= 11 is 0. The van der Waals surface area contributed by atoms with Crippen LogP contribution in [0.15, 0.2) is 42.5 Å². The van der Waals surface area contributed by atoms with Crippen LogP contribution in [0.2, 0.25) is 0 Å². The summed E-state index contributed by atoms with van der Waals surface area (Å²) in [6.45, 7) is 3.98. The summed E-state index contributed by atoms with van der Waals surface area (Å²) < 4.78 is 0. The number of aryl methyl sites for hydroxylation is 1. The van der Waals surface area contributed by atoms with Gasteiger partial charge in [-0.15, -0.1) is 0 Å². The number of amides is 1. The molecule has 0 radical (unpaired) electrons. The van der Waals surface area contributed by atoms with E-state index in [9.17, 15) is 9.90 Å². The van der Waals surface area contributed by atoms with Crippen LogP contribution in [-0.2, 0) is 0 Å². The number of phenolic OH excluding ortho intramolecular Hbond substituents is 1. The number of nitrogens with one attached hydrogen (secondary N) is 1. The zero-order valence-corrected chi connectivity index (χ0v) is 10.4. The molecule has 0 heterocycles. The van der Waals surface area contributed by atoms with Gasteiger partial charge in [-0.05, 0) is 55.3 Å². The van der Waals surface area contributed by atoms with Crippen molar-refractivity contribution in [3.63, 3.8) is 0 Å². The normalized spacial score (nSPS) is 10.1. The maximum Gasteiger partial charge on any atom is 0.255 e. The third-order valence-electron chi connectivity index (χ3n) is 2.98. The molecule has 3 nitrogen and oxygen atoms in total. The van der Waals surface area contributed by atoms with Crippen LogP contribution in [0, 0.1) is 13.8 Å². The van der Waals surface area contributed by atoms with Crippen molar-refractivity contribution in [1.29, 1.82) is 0 Å². The first kappa shape index (κ1) is 12.2. The van der Waals surface area contributed by atoms with Gasteiger partial charge in [0.2, 0.25) is 0 Å². The van der Waals surface area contributed by atoms with Crippen molar-refractivity contribution < 1.29 is 9.90 Å². The predicted octanol–water partition coefficient (Wildman–Crippen LogP) is 3.26. The SMILES string of the molecule is Cc1cccc(NC(=O)c2ccc(O)cc2)c1C. The van der Waals surface area contributed by atoms with Gasteiger partial charge < -0.3 is 10.4 Å². The van der Waals surface area contributed by atoms with Crippen LogP contribution in [0.25, 0.3) is 0 Å². The number of anilines is 1. The molecule has 0 aromatic heterocycles. The van der Waals surface area contributed by atoms with E-state index >= 15 is 0 Å². The Morgan fingerprint density at radius 2 is 1.72 bits per heavy atom. The lowest BCUT2D eigenvalue weighted by atomic mass is 10.1. The predicted molar refractivity (Wildman–Crippen MR) is 72.0 cm³/mol. The van der Waals surface area contributed by atoms with Crippen molar-refractivity contribution >= 4 is 11.6 Å². The highest BCUT2D eigenvalue weighted by atomic mass is 16.3. The fraction of sp³-hybridized carbons (Fsp3) is 0.133. The number of phenols is 1. The maximum absolute atomic E-state index is 12.0. The van der Waals surface area contributed by atoms with E-state index in [0.29, 0.717) is 5.56 Å². The van der Waals surface area contributed by atoms with Gasteiger partial charge in [-0.3, -0.25) is 4.79 Å². The largest absolute Gasteiger partial charge is 0.508 e. The Labute approximate surface area is 106 Å². The van der Waals surface area contributed by atoms with Gasteiger partial charge in [-0.2, -0.15) is 0 Å². The van der Waals surface area contributed by atoms with Crippen LogP contribution >= 0.6 is 0 Å². The molecular formula is C15H15NO2. The summed E-state index contributed by atoms with van der Waals surface area (Å²) in [5, 5.41) is 12.0. The van der Waals surface area contributed by atoms with Gasteiger partial charge in [-0.25, -0.2) is 0 Å². The molecule has 0 atom stereocenters. The first-order valence-electron chi connectivity index (χ1n) is 5.74. The number of aromatic hydroxyl groups is 1. The van der Waals surface area contributed by atoms with E-state index in [1.54, 1.807) is 12.1 Å². The average Bonchev–Trinajstić information content (AvgIpc) is 2.36. The molecule has 3 heteroatoms. The van der Waals surface area contributed by atoms with Gasteiger partial charge in [0.1, 0.15) is 5.75 Å². The molecule has 2 N–H and O–H groups in total. The lowest BCUT2D eigenvalue weighted by Crippen LogP contribution is -2.12. The molecule has 0 aliphatic rings. The van der Waals surface area contributed by atoms with Gasteiger partial charge in [0, 0.05) is 11.3 Å². The van der Waals surface area contributed by atoms with E-state index in [2.05, 4.69) is 5.32 Å². The standard InChI is InChI=1S/C15H15NO2/c1-10-4-3-5-14(11(10)2)16-15(18)12-6-8-13(17)9-7-12/h3-9,17H,1-2H3,(H,16,18). The van der Waals surface area contributed by atoms with Crippen LogP contribution in [0.1, 0.15) is 21.5 Å². The summed E-state index contributed by atoms with van der Waals surface area (Å²) in [6, 6.07) is 12.0. The van der Waals surface area contributed by atoms with E-state index in [0.717, 1.165) is 16.8 Å². The van der Waals surface area contributed by atoms with Crippen molar-refractivity contribution in [3.05, 3.63) is 59.2 Å². The second-order valence-corrected chi connectivity index (χ2v) is 4.25. The van der Waals surface area contributed by atoms with Gasteiger partial charge >= 0.3 is 0 Å². The number of carbonyl (C=O) groups is 1. The molecule has 0 bridgehead atoms. The van der Waals surface area contributed by atoms with E-state index in [-0.39, 0.29) is 11.7 Å². The number of rotatable bonds is 2. The van der Waals surface area contributed by atoms with Crippen LogP contribution in [0.4, 0.5) is 5.69 Å². The van der Waals surface area contributed by atoms with E-state index < -0.39 is 0 Å². The lowest BCUT2D eigenvalue weighted by molar-refractivity contribution is 0.102. The quantitative estimate of drug-likeness (QED) is 0.847. The molecule has 0 fully saturated rings. The van der Waals surface area contributed by atoms with Crippen LogP contribution in [0.3, 0.4) is 0 Å². The van der Waals surface area contributed by atoms with Crippen molar-refractivity contribution in [1.82, 2.24) is 0 Å². The lowest BCUT2D eigenvalue weighted by Gasteiger charge is -2.10. The molecule has 0 saturated heterocycles. The second-order valence-electron chi connectivity index (χ2n) is 4.25. The second kappa shape index (κ2) is 4.92. The molecule has 2 rings (SSSR count). The van der Waals surface area contributed by atoms with Crippen molar-refractivity contribution in [3.8, 4) is 5.75 Å². The van der Waals surface area contributed by atoms with Crippen LogP contribution in [-0.4, -0.2) is 11.0 Å². The van der Waals surface area contributed by atoms with Gasteiger partial charge in [0.25, 0.3) is 5.91 Å². The van der Waals surface area contributed by atoms with Gasteiger partial charge in [-0.1, -0.05) is 12.1 Å². The molecule has 2 aromatic carbocycles. The third-order valence-corrected chi connectivity index (χ3v) is 2.98. The summed E-state index contributed by atoms with van der Waals surface area (Å²) in [5.74, 6) is -0.0259. The first-order valence-corrected chi connectivity index (χ1v) is 5.74. The smallest absolute Gasteiger partial charge is 0.255 e. The molecule has 18 heavy (non-hydrogen) atoms. The minimum atomic E-state index is -0.177. The highest BCUT2D eigenvalue weighted by molar-refractivity contribution is 6.04. The Hall–Kier alpha value is -2.29. The van der Waals surface area contributed by atoms with Crippen molar-refractivity contribution in [2.24, 2.45) is 0 Å². The summed E-state index contributed by atoms with van der Waals surface area (Å²) in [6.07, 6.45) is 0. The Morgan fingerprint density at radius 1 is 1.06 bits per heavy atom. The highest BCUT2D eigenvalue weighted by Crippen LogP contribution is 2.19. The van der Waals surface area contributed by atoms with Crippen molar-refractivity contribution in [2.45, 2.75) is 13.8 Å². The fourth-order valence-electron chi connectivity index (χ4n) is 1.69. The fourth-order valence-corrected chi connectivity index (χ4v) is 1.69. The Kier molecular flexibility index (Phi) is 3.33. The third kappa shape index (κ3) is 2.51. The topological polar surface area (TPSA) is 49.3 Å².